The van der Waals surface area contributed by atoms with Crippen molar-refractivity contribution in [1.82, 2.24) is 10.6 Å². The number of piperazine rings is 1. The molecule has 0 amide bonds. The first kappa shape index (κ1) is 7.03. The average molecular weight is 128 g/mol. The third-order valence-electron chi connectivity index (χ3n) is 1.76. The Morgan fingerprint density at radius 3 is 2.89 bits per heavy atom. The molecule has 0 spiro atoms. The van der Waals surface area contributed by atoms with E-state index < -0.39 is 0 Å². The summed E-state index contributed by atoms with van der Waals surface area (Å²) in [7, 11) is 0. The predicted molar refractivity (Wildman–Crippen MR) is 39.6 cm³/mol. The summed E-state index contributed by atoms with van der Waals surface area (Å²) >= 11 is 0. The Morgan fingerprint density at radius 2 is 2.33 bits per heavy atom. The van der Waals surface area contributed by atoms with Crippen LogP contribution in [0.15, 0.2) is 0 Å². The number of rotatable bonds is 2. The van der Waals surface area contributed by atoms with Crippen LogP contribution in [0.1, 0.15) is 19.8 Å². The molecule has 2 N–H and O–H groups in total. The second kappa shape index (κ2) is 3.85. The molecule has 0 aromatic heterocycles. The molecule has 1 aliphatic rings. The van der Waals surface area contributed by atoms with Gasteiger partial charge in [-0.15, -0.1) is 0 Å². The molecule has 1 saturated heterocycles. The van der Waals surface area contributed by atoms with Crippen molar-refractivity contribution >= 4 is 0 Å². The monoisotopic (exact) mass is 128 g/mol. The van der Waals surface area contributed by atoms with Gasteiger partial charge in [-0.05, 0) is 6.42 Å². The van der Waals surface area contributed by atoms with Crippen LogP contribution in [0.2, 0.25) is 0 Å². The molecule has 1 aliphatic heterocycles. The zero-order chi connectivity index (χ0) is 6.53. The van der Waals surface area contributed by atoms with Gasteiger partial charge in [0, 0.05) is 25.7 Å². The summed E-state index contributed by atoms with van der Waals surface area (Å²) in [5, 5.41) is 6.81. The van der Waals surface area contributed by atoms with Gasteiger partial charge in [0.05, 0.1) is 0 Å². The van der Waals surface area contributed by atoms with Gasteiger partial charge < -0.3 is 10.6 Å². The molecular weight excluding hydrogens is 112 g/mol. The van der Waals surface area contributed by atoms with E-state index in [-0.39, 0.29) is 0 Å². The van der Waals surface area contributed by atoms with Gasteiger partial charge in [0.25, 0.3) is 0 Å². The Bertz CT molecular complexity index is 64.6. The fourth-order valence-electron chi connectivity index (χ4n) is 1.27. The Morgan fingerprint density at radius 1 is 1.44 bits per heavy atom. The lowest BCUT2D eigenvalue weighted by Gasteiger charge is -2.23. The van der Waals surface area contributed by atoms with E-state index in [4.69, 9.17) is 0 Å². The predicted octanol–water partition coefficient (Wildman–Crippen LogP) is 0.348. The van der Waals surface area contributed by atoms with Crippen LogP contribution in [-0.2, 0) is 0 Å². The smallest absolute Gasteiger partial charge is 0.0192 e. The van der Waals surface area contributed by atoms with E-state index in [9.17, 15) is 0 Å². The van der Waals surface area contributed by atoms with Crippen LogP contribution in [0.25, 0.3) is 0 Å². The number of nitrogens with one attached hydrogen (secondary N) is 2. The summed E-state index contributed by atoms with van der Waals surface area (Å²) in [5.41, 5.74) is 0. The highest BCUT2D eigenvalue weighted by Gasteiger charge is 2.08. The van der Waals surface area contributed by atoms with Gasteiger partial charge in [-0.3, -0.25) is 0 Å². The first-order valence-electron chi connectivity index (χ1n) is 3.87. The highest BCUT2D eigenvalue weighted by molar-refractivity contribution is 4.74. The standard InChI is InChI=1S/C7H16N2/c1-2-3-7-6-8-4-5-9-7/h7-9H,2-6H2,1H3/t7-/m1/s1. The zero-order valence-electron chi connectivity index (χ0n) is 6.11. The van der Waals surface area contributed by atoms with Crippen molar-refractivity contribution in [2.24, 2.45) is 0 Å². The lowest BCUT2D eigenvalue weighted by molar-refractivity contribution is 0.397. The summed E-state index contributed by atoms with van der Waals surface area (Å²) < 4.78 is 0. The molecule has 0 aromatic carbocycles. The first-order valence-corrected chi connectivity index (χ1v) is 3.87. The van der Waals surface area contributed by atoms with Gasteiger partial charge in [-0.25, -0.2) is 0 Å². The Labute approximate surface area is 57.0 Å². The Hall–Kier alpha value is -0.0800. The van der Waals surface area contributed by atoms with Gasteiger partial charge in [-0.1, -0.05) is 13.3 Å². The molecule has 1 heterocycles. The molecule has 1 fully saturated rings. The minimum absolute atomic E-state index is 0.740. The van der Waals surface area contributed by atoms with Gasteiger partial charge in [0.1, 0.15) is 0 Å². The minimum Gasteiger partial charge on any atom is -0.314 e. The summed E-state index contributed by atoms with van der Waals surface area (Å²) in [6.45, 7) is 5.68. The first-order chi connectivity index (χ1) is 4.43. The van der Waals surface area contributed by atoms with Gasteiger partial charge in [0.15, 0.2) is 0 Å². The molecule has 9 heavy (non-hydrogen) atoms. The highest BCUT2D eigenvalue weighted by Crippen LogP contribution is 1.96. The van der Waals surface area contributed by atoms with E-state index in [1.807, 2.05) is 0 Å². The van der Waals surface area contributed by atoms with Crippen LogP contribution in [0, 0.1) is 0 Å². The normalized spacial score (nSPS) is 28.3. The van der Waals surface area contributed by atoms with Crippen molar-refractivity contribution in [3.8, 4) is 0 Å². The maximum absolute atomic E-state index is 3.46. The van der Waals surface area contributed by atoms with Gasteiger partial charge >= 0.3 is 0 Å². The Balaban J connectivity index is 2.08. The molecule has 0 bridgehead atoms. The maximum atomic E-state index is 3.46. The van der Waals surface area contributed by atoms with E-state index in [0.717, 1.165) is 25.7 Å². The van der Waals surface area contributed by atoms with Crippen molar-refractivity contribution in [3.63, 3.8) is 0 Å². The quantitative estimate of drug-likeness (QED) is 0.560. The molecule has 2 heteroatoms. The largest absolute Gasteiger partial charge is 0.314 e. The second-order valence-corrected chi connectivity index (χ2v) is 2.64. The summed E-state index contributed by atoms with van der Waals surface area (Å²) in [5.74, 6) is 0. The molecule has 0 saturated carbocycles. The molecule has 0 unspecified atom stereocenters. The molecule has 2 nitrogen and oxygen atoms in total. The fourth-order valence-corrected chi connectivity index (χ4v) is 1.27. The van der Waals surface area contributed by atoms with E-state index >= 15 is 0 Å². The third-order valence-corrected chi connectivity index (χ3v) is 1.76. The second-order valence-electron chi connectivity index (χ2n) is 2.64. The lowest BCUT2D eigenvalue weighted by atomic mass is 10.1. The molecule has 1 rings (SSSR count). The van der Waals surface area contributed by atoms with Crippen LogP contribution < -0.4 is 10.6 Å². The summed E-state index contributed by atoms with van der Waals surface area (Å²) in [6.07, 6.45) is 2.60. The molecular formula is C7H16N2. The lowest BCUT2D eigenvalue weighted by Crippen LogP contribution is -2.48. The maximum Gasteiger partial charge on any atom is 0.0192 e. The molecule has 0 aliphatic carbocycles. The SMILES string of the molecule is CCC[C@@H]1CNCCN1. The summed E-state index contributed by atoms with van der Waals surface area (Å²) in [4.78, 5) is 0. The van der Waals surface area contributed by atoms with Crippen LogP contribution >= 0.6 is 0 Å². The van der Waals surface area contributed by atoms with Crippen LogP contribution in [-0.4, -0.2) is 25.7 Å². The van der Waals surface area contributed by atoms with Gasteiger partial charge in [-0.2, -0.15) is 0 Å². The van der Waals surface area contributed by atoms with E-state index in [0.29, 0.717) is 0 Å². The van der Waals surface area contributed by atoms with Crippen molar-refractivity contribution in [3.05, 3.63) is 0 Å². The molecule has 0 aromatic rings. The molecule has 1 atom stereocenters. The number of hydrogen-bond acceptors (Lipinski definition) is 2. The minimum atomic E-state index is 0.740. The van der Waals surface area contributed by atoms with E-state index in [1.54, 1.807) is 0 Å². The highest BCUT2D eigenvalue weighted by atomic mass is 15.0. The fraction of sp³-hybridized carbons (Fsp3) is 1.00. The van der Waals surface area contributed by atoms with Crippen molar-refractivity contribution in [1.29, 1.82) is 0 Å². The Kier molecular flexibility index (Phi) is 3.01. The van der Waals surface area contributed by atoms with E-state index in [1.165, 1.54) is 12.8 Å². The van der Waals surface area contributed by atoms with Crippen LogP contribution in [0.4, 0.5) is 0 Å². The molecule has 0 radical (unpaired) electrons. The summed E-state index contributed by atoms with van der Waals surface area (Å²) in [6, 6.07) is 0.740. The third kappa shape index (κ3) is 2.33. The number of hydrogen-bond donors (Lipinski definition) is 2. The van der Waals surface area contributed by atoms with Crippen molar-refractivity contribution in [2.45, 2.75) is 25.8 Å². The molecule has 54 valence electrons. The van der Waals surface area contributed by atoms with E-state index in [2.05, 4.69) is 17.6 Å². The van der Waals surface area contributed by atoms with Crippen molar-refractivity contribution in [2.75, 3.05) is 19.6 Å². The van der Waals surface area contributed by atoms with Crippen LogP contribution in [0.3, 0.4) is 0 Å². The zero-order valence-corrected chi connectivity index (χ0v) is 6.11. The van der Waals surface area contributed by atoms with Gasteiger partial charge in [0.2, 0.25) is 0 Å². The average Bonchev–Trinajstić information content (AvgIpc) is 1.91. The van der Waals surface area contributed by atoms with Crippen LogP contribution in [0.5, 0.6) is 0 Å². The van der Waals surface area contributed by atoms with Crippen molar-refractivity contribution < 1.29 is 0 Å². The topological polar surface area (TPSA) is 24.1 Å².